The average Bonchev–Trinajstić information content (AvgIpc) is 2.93. The third kappa shape index (κ3) is 2.90. The van der Waals surface area contributed by atoms with E-state index in [0.717, 1.165) is 11.1 Å². The zero-order valence-electron chi connectivity index (χ0n) is 12.9. The van der Waals surface area contributed by atoms with Crippen LogP contribution in [0.15, 0.2) is 30.5 Å². The van der Waals surface area contributed by atoms with Gasteiger partial charge in [-0.2, -0.15) is 5.10 Å². The van der Waals surface area contributed by atoms with E-state index in [4.69, 9.17) is 4.74 Å². The zero-order chi connectivity index (χ0) is 16.4. The number of hydrogen-bond donors (Lipinski definition) is 1. The molecule has 7 nitrogen and oxygen atoms in total. The van der Waals surface area contributed by atoms with Crippen LogP contribution in [0.4, 0.5) is 5.82 Å². The number of methoxy groups -OCH3 is 1. The second kappa shape index (κ2) is 6.12. The third-order valence-electron chi connectivity index (χ3n) is 3.86. The number of benzene rings is 1. The van der Waals surface area contributed by atoms with E-state index in [1.54, 1.807) is 24.0 Å². The molecule has 0 bridgehead atoms. The molecule has 1 amide bonds. The quantitative estimate of drug-likeness (QED) is 0.863. The van der Waals surface area contributed by atoms with Crippen molar-refractivity contribution in [3.05, 3.63) is 41.6 Å². The fourth-order valence-electron chi connectivity index (χ4n) is 2.71. The first-order valence-electron chi connectivity index (χ1n) is 7.20. The van der Waals surface area contributed by atoms with Crippen LogP contribution in [0.3, 0.4) is 0 Å². The highest BCUT2D eigenvalue weighted by molar-refractivity contribution is 5.94. The number of aromatic nitrogens is 2. The number of esters is 1. The molecule has 1 N–H and O–H groups in total. The van der Waals surface area contributed by atoms with Crippen LogP contribution < -0.4 is 10.1 Å². The lowest BCUT2D eigenvalue weighted by Gasteiger charge is -2.24. The van der Waals surface area contributed by atoms with Gasteiger partial charge in [0.25, 0.3) is 0 Å². The van der Waals surface area contributed by atoms with Crippen molar-refractivity contribution in [1.29, 1.82) is 0 Å². The normalized spacial score (nSPS) is 16.4. The van der Waals surface area contributed by atoms with Crippen molar-refractivity contribution in [2.24, 2.45) is 7.05 Å². The lowest BCUT2D eigenvalue weighted by Crippen LogP contribution is -2.25. The summed E-state index contributed by atoms with van der Waals surface area (Å²) in [6, 6.07) is 7.37. The number of anilines is 1. The van der Waals surface area contributed by atoms with E-state index in [2.05, 4.69) is 15.2 Å². The summed E-state index contributed by atoms with van der Waals surface area (Å²) >= 11 is 0. The number of rotatable bonds is 4. The van der Waals surface area contributed by atoms with Crippen LogP contribution in [0.1, 0.15) is 23.5 Å². The summed E-state index contributed by atoms with van der Waals surface area (Å²) in [4.78, 5) is 23.3. The molecule has 0 fully saturated rings. The van der Waals surface area contributed by atoms with E-state index in [-0.39, 0.29) is 18.4 Å². The molecule has 2 aromatic rings. The summed E-state index contributed by atoms with van der Waals surface area (Å²) in [5.74, 6) is 0.555. The minimum Gasteiger partial charge on any atom is -0.482 e. The number of nitrogens with one attached hydrogen (secondary N) is 1. The molecule has 1 aliphatic rings. The Morgan fingerprint density at radius 2 is 2.17 bits per heavy atom. The summed E-state index contributed by atoms with van der Waals surface area (Å²) in [6.07, 6.45) is 2.05. The molecule has 120 valence electrons. The predicted molar refractivity (Wildman–Crippen MR) is 82.3 cm³/mol. The van der Waals surface area contributed by atoms with Crippen LogP contribution in [0.5, 0.6) is 5.75 Å². The van der Waals surface area contributed by atoms with Gasteiger partial charge in [0.1, 0.15) is 11.6 Å². The van der Waals surface area contributed by atoms with Gasteiger partial charge in [-0.3, -0.25) is 9.48 Å². The summed E-state index contributed by atoms with van der Waals surface area (Å²) < 4.78 is 11.8. The van der Waals surface area contributed by atoms with Gasteiger partial charge in [-0.25, -0.2) is 4.79 Å². The van der Waals surface area contributed by atoms with Crippen LogP contribution in [-0.2, 0) is 21.4 Å². The molecule has 0 saturated carbocycles. The smallest absolute Gasteiger partial charge is 0.343 e. The molecular formula is C16H17N3O4. The number of carbonyl (C=O) groups is 2. The minimum atomic E-state index is -0.455. The highest BCUT2D eigenvalue weighted by Gasteiger charge is 2.31. The summed E-state index contributed by atoms with van der Waals surface area (Å²) in [5, 5.41) is 7.05. The van der Waals surface area contributed by atoms with Crippen molar-refractivity contribution < 1.29 is 19.1 Å². The van der Waals surface area contributed by atoms with Crippen LogP contribution in [-0.4, -0.2) is 35.4 Å². The van der Waals surface area contributed by atoms with Crippen molar-refractivity contribution in [1.82, 2.24) is 9.78 Å². The number of ether oxygens (including phenoxy) is 2. The van der Waals surface area contributed by atoms with Gasteiger partial charge in [-0.1, -0.05) is 18.2 Å². The van der Waals surface area contributed by atoms with Crippen molar-refractivity contribution in [2.75, 3.05) is 19.0 Å². The number of fused-ring (bicyclic) bond motifs is 1. The van der Waals surface area contributed by atoms with E-state index in [9.17, 15) is 9.59 Å². The molecule has 1 aromatic heterocycles. The molecule has 3 rings (SSSR count). The van der Waals surface area contributed by atoms with Gasteiger partial charge >= 0.3 is 5.97 Å². The molecule has 0 radical (unpaired) electrons. The molecule has 0 spiro atoms. The van der Waals surface area contributed by atoms with Gasteiger partial charge in [-0.15, -0.1) is 0 Å². The van der Waals surface area contributed by atoms with Gasteiger partial charge in [0.2, 0.25) is 5.91 Å². The first kappa shape index (κ1) is 15.1. The number of aryl methyl sites for hydroxylation is 1. The molecule has 23 heavy (non-hydrogen) atoms. The first-order chi connectivity index (χ1) is 11.1. The lowest BCUT2D eigenvalue weighted by molar-refractivity contribution is -0.142. The number of hydrogen-bond acceptors (Lipinski definition) is 5. The Hall–Kier alpha value is -2.83. The van der Waals surface area contributed by atoms with E-state index in [0.29, 0.717) is 18.0 Å². The lowest BCUT2D eigenvalue weighted by atomic mass is 9.87. The van der Waals surface area contributed by atoms with Gasteiger partial charge in [0.15, 0.2) is 6.61 Å². The Labute approximate surface area is 133 Å². The maximum atomic E-state index is 12.0. The Morgan fingerprint density at radius 1 is 1.39 bits per heavy atom. The fraction of sp³-hybridized carbons (Fsp3) is 0.312. The predicted octanol–water partition coefficient (Wildman–Crippen LogP) is 1.45. The van der Waals surface area contributed by atoms with Gasteiger partial charge < -0.3 is 14.8 Å². The fourth-order valence-corrected chi connectivity index (χ4v) is 2.71. The number of carbonyl (C=O) groups excluding carboxylic acids is 2. The van der Waals surface area contributed by atoms with Crippen molar-refractivity contribution in [3.8, 4) is 5.75 Å². The molecule has 0 aliphatic carbocycles. The van der Waals surface area contributed by atoms with Gasteiger partial charge in [0.05, 0.1) is 13.3 Å². The van der Waals surface area contributed by atoms with Gasteiger partial charge in [-0.05, 0) is 6.07 Å². The van der Waals surface area contributed by atoms with Crippen molar-refractivity contribution in [3.63, 3.8) is 0 Å². The van der Waals surface area contributed by atoms with E-state index in [1.807, 2.05) is 18.2 Å². The maximum Gasteiger partial charge on any atom is 0.343 e. The van der Waals surface area contributed by atoms with Crippen LogP contribution >= 0.6 is 0 Å². The highest BCUT2D eigenvalue weighted by Crippen LogP contribution is 2.40. The second-order valence-corrected chi connectivity index (χ2v) is 5.28. The molecular weight excluding hydrogens is 298 g/mol. The molecule has 2 heterocycles. The monoisotopic (exact) mass is 315 g/mol. The Bertz CT molecular complexity index is 754. The zero-order valence-corrected chi connectivity index (χ0v) is 12.9. The Balaban J connectivity index is 1.96. The number of amides is 1. The van der Waals surface area contributed by atoms with Gasteiger partial charge in [0, 0.05) is 30.5 Å². The topological polar surface area (TPSA) is 82.4 Å². The van der Waals surface area contributed by atoms with E-state index < -0.39 is 5.97 Å². The van der Waals surface area contributed by atoms with Crippen LogP contribution in [0, 0.1) is 0 Å². The maximum absolute atomic E-state index is 12.0. The van der Waals surface area contributed by atoms with E-state index in [1.165, 1.54) is 7.11 Å². The second-order valence-electron chi connectivity index (χ2n) is 5.28. The molecule has 7 heteroatoms. The summed E-state index contributed by atoms with van der Waals surface area (Å²) in [6.45, 7) is -0.174. The van der Waals surface area contributed by atoms with Crippen LogP contribution in [0.25, 0.3) is 0 Å². The third-order valence-corrected chi connectivity index (χ3v) is 3.86. The van der Waals surface area contributed by atoms with Crippen molar-refractivity contribution in [2.45, 2.75) is 12.3 Å². The average molecular weight is 315 g/mol. The highest BCUT2D eigenvalue weighted by atomic mass is 16.6. The van der Waals surface area contributed by atoms with Crippen LogP contribution in [0.2, 0.25) is 0 Å². The largest absolute Gasteiger partial charge is 0.482 e. The molecule has 1 aromatic carbocycles. The van der Waals surface area contributed by atoms with E-state index >= 15 is 0 Å². The molecule has 1 aliphatic heterocycles. The van der Waals surface area contributed by atoms with Crippen molar-refractivity contribution >= 4 is 17.7 Å². The first-order valence-corrected chi connectivity index (χ1v) is 7.20. The standard InChI is InChI=1S/C16H17N3O4/c1-19-16-12(8-17-19)11(7-14(20)18-16)10-5-3-4-6-13(10)23-9-15(21)22-2/h3-6,8,11H,7,9H2,1-2H3,(H,18,20). The minimum absolute atomic E-state index is 0.0751. The Kier molecular flexibility index (Phi) is 4.01. The molecule has 1 atom stereocenters. The summed E-state index contributed by atoms with van der Waals surface area (Å²) in [7, 11) is 3.09. The SMILES string of the molecule is COC(=O)COc1ccccc1C1CC(=O)Nc2c1cnn2C. The summed E-state index contributed by atoms with van der Waals surface area (Å²) in [5.41, 5.74) is 1.78. The Morgan fingerprint density at radius 3 is 2.96 bits per heavy atom. The number of nitrogens with zero attached hydrogens (tertiary/aromatic N) is 2. The molecule has 1 unspecified atom stereocenters. The molecule has 0 saturated heterocycles. The number of para-hydroxylation sites is 1.